The summed E-state index contributed by atoms with van der Waals surface area (Å²) in [6.07, 6.45) is 3.39. The van der Waals surface area contributed by atoms with E-state index in [9.17, 15) is 9.59 Å². The molecule has 0 aliphatic carbocycles. The van der Waals surface area contributed by atoms with Crippen LogP contribution in [0.1, 0.15) is 45.0 Å². The van der Waals surface area contributed by atoms with Crippen molar-refractivity contribution in [1.82, 2.24) is 14.5 Å². The normalized spacial score (nSPS) is 14.6. The van der Waals surface area contributed by atoms with Crippen LogP contribution in [0.2, 0.25) is 0 Å². The number of anilines is 1. The third-order valence-electron chi connectivity index (χ3n) is 6.41. The van der Waals surface area contributed by atoms with Gasteiger partial charge < -0.3 is 24.1 Å². The molecular formula is C30H37N5O5. The fourth-order valence-electron chi connectivity index (χ4n) is 4.42. The number of carbonyl (C=O) groups is 2. The minimum Gasteiger partial charge on any atom is -0.475 e. The molecule has 0 atom stereocenters. The lowest BCUT2D eigenvalue weighted by atomic mass is 10.1. The molecule has 0 amide bonds. The summed E-state index contributed by atoms with van der Waals surface area (Å²) in [5, 5.41) is 4.08. The molecule has 0 N–H and O–H groups in total. The Morgan fingerprint density at radius 3 is 2.40 bits per heavy atom. The average molecular weight is 548 g/mol. The molecule has 10 nitrogen and oxygen atoms in total. The third-order valence-corrected chi connectivity index (χ3v) is 6.41. The SMILES string of the molecule is CCOC(=O)C(=CN1CCN(c2cccc(-n3cnc4cc(C(C)=O)ccc43)c2)CC1)C(=NOC(C)C)OCC. The largest absolute Gasteiger partial charge is 0.475 e. The molecule has 1 saturated heterocycles. The lowest BCUT2D eigenvalue weighted by Gasteiger charge is -2.36. The van der Waals surface area contributed by atoms with E-state index in [1.165, 1.54) is 0 Å². The molecule has 4 rings (SSSR count). The number of fused-ring (bicyclic) bond motifs is 1. The molecule has 212 valence electrons. The quantitative estimate of drug-likeness (QED) is 0.0909. The highest BCUT2D eigenvalue weighted by molar-refractivity contribution is 6.16. The van der Waals surface area contributed by atoms with Crippen LogP contribution in [-0.4, -0.2) is 77.6 Å². The van der Waals surface area contributed by atoms with Gasteiger partial charge in [-0.25, -0.2) is 9.78 Å². The summed E-state index contributed by atoms with van der Waals surface area (Å²) in [6.45, 7) is 12.3. The monoisotopic (exact) mass is 547 g/mol. The van der Waals surface area contributed by atoms with Gasteiger partial charge in [0.25, 0.3) is 5.90 Å². The number of esters is 1. The Kier molecular flexibility index (Phi) is 9.42. The molecule has 1 aromatic heterocycles. The van der Waals surface area contributed by atoms with E-state index < -0.39 is 5.97 Å². The van der Waals surface area contributed by atoms with Crippen LogP contribution in [0.4, 0.5) is 5.69 Å². The Balaban J connectivity index is 1.51. The van der Waals surface area contributed by atoms with Crippen LogP contribution < -0.4 is 4.90 Å². The number of aromatic nitrogens is 2. The van der Waals surface area contributed by atoms with Gasteiger partial charge in [0.1, 0.15) is 18.0 Å². The number of piperazine rings is 1. The van der Waals surface area contributed by atoms with Gasteiger partial charge in [0.2, 0.25) is 0 Å². The standard InChI is InChI=1S/C30H37N5O5/c1-6-38-29(32-40-21(3)4)26(30(37)39-7-2)19-33-13-15-34(16-14-33)24-9-8-10-25(18-24)35-20-31-27-17-23(22(5)36)11-12-28(27)35/h8-12,17-21H,6-7,13-16H2,1-5H3. The van der Waals surface area contributed by atoms with Crippen LogP contribution >= 0.6 is 0 Å². The van der Waals surface area contributed by atoms with Gasteiger partial charge in [0.05, 0.1) is 24.2 Å². The van der Waals surface area contributed by atoms with E-state index in [4.69, 9.17) is 14.3 Å². The van der Waals surface area contributed by atoms with Crippen molar-refractivity contribution in [2.45, 2.75) is 40.7 Å². The fourth-order valence-corrected chi connectivity index (χ4v) is 4.42. The maximum atomic E-state index is 12.8. The first-order valence-electron chi connectivity index (χ1n) is 13.6. The minimum absolute atomic E-state index is 0.0205. The van der Waals surface area contributed by atoms with Gasteiger partial charge in [0, 0.05) is 49.3 Å². The van der Waals surface area contributed by atoms with Crippen LogP contribution in [0.25, 0.3) is 16.7 Å². The third kappa shape index (κ3) is 6.80. The summed E-state index contributed by atoms with van der Waals surface area (Å²) in [7, 11) is 0. The van der Waals surface area contributed by atoms with Gasteiger partial charge in [0.15, 0.2) is 5.78 Å². The second-order valence-corrected chi connectivity index (χ2v) is 9.66. The van der Waals surface area contributed by atoms with E-state index in [1.807, 2.05) is 55.7 Å². The van der Waals surface area contributed by atoms with Crippen LogP contribution in [0.5, 0.6) is 0 Å². The highest BCUT2D eigenvalue weighted by Crippen LogP contribution is 2.25. The van der Waals surface area contributed by atoms with Crippen molar-refractivity contribution in [2.24, 2.45) is 5.16 Å². The molecule has 0 unspecified atom stereocenters. The van der Waals surface area contributed by atoms with Crippen molar-refractivity contribution >= 4 is 34.4 Å². The molecule has 0 saturated carbocycles. The number of rotatable bonds is 10. The Labute approximate surface area is 234 Å². The van der Waals surface area contributed by atoms with Crippen LogP contribution in [0.15, 0.2) is 65.7 Å². The predicted octanol–water partition coefficient (Wildman–Crippen LogP) is 4.57. The maximum absolute atomic E-state index is 12.8. The van der Waals surface area contributed by atoms with Crippen LogP contribution in [0.3, 0.4) is 0 Å². The number of oxime groups is 1. The predicted molar refractivity (Wildman–Crippen MR) is 155 cm³/mol. The fraction of sp³-hybridized carbons (Fsp3) is 0.400. The summed E-state index contributed by atoms with van der Waals surface area (Å²) in [6, 6.07) is 13.9. The summed E-state index contributed by atoms with van der Waals surface area (Å²) in [5.74, 6) is -0.361. The van der Waals surface area contributed by atoms with E-state index in [2.05, 4.69) is 32.1 Å². The summed E-state index contributed by atoms with van der Waals surface area (Å²) >= 11 is 0. The zero-order valence-corrected chi connectivity index (χ0v) is 23.8. The Morgan fingerprint density at radius 1 is 1.00 bits per heavy atom. The molecule has 1 aliphatic heterocycles. The van der Waals surface area contributed by atoms with Gasteiger partial charge in [-0.2, -0.15) is 0 Å². The number of nitrogens with zero attached hydrogens (tertiary/aromatic N) is 5. The second kappa shape index (κ2) is 13.1. The van der Waals surface area contributed by atoms with E-state index in [1.54, 1.807) is 26.4 Å². The first-order chi connectivity index (χ1) is 19.3. The number of benzene rings is 2. The lowest BCUT2D eigenvalue weighted by Crippen LogP contribution is -2.44. The maximum Gasteiger partial charge on any atom is 0.345 e. The number of carbonyl (C=O) groups excluding carboxylic acids is 2. The Hall–Kier alpha value is -4.34. The molecule has 10 heteroatoms. The van der Waals surface area contributed by atoms with E-state index in [0.717, 1.165) is 35.5 Å². The van der Waals surface area contributed by atoms with Crippen molar-refractivity contribution in [3.05, 3.63) is 66.1 Å². The molecule has 1 aliphatic rings. The number of ketones is 1. The molecule has 3 aromatic rings. The van der Waals surface area contributed by atoms with E-state index in [-0.39, 0.29) is 30.0 Å². The first-order valence-corrected chi connectivity index (χ1v) is 13.6. The Morgan fingerprint density at radius 2 is 1.73 bits per heavy atom. The highest BCUT2D eigenvalue weighted by atomic mass is 16.7. The number of hydrogen-bond donors (Lipinski definition) is 0. The van der Waals surface area contributed by atoms with Crippen molar-refractivity contribution in [2.75, 3.05) is 44.3 Å². The lowest BCUT2D eigenvalue weighted by molar-refractivity contribution is -0.138. The minimum atomic E-state index is -0.500. The molecule has 0 spiro atoms. The molecule has 0 bridgehead atoms. The summed E-state index contributed by atoms with van der Waals surface area (Å²) in [5.41, 5.74) is 4.69. The van der Waals surface area contributed by atoms with Gasteiger partial charge >= 0.3 is 5.97 Å². The molecule has 2 heterocycles. The van der Waals surface area contributed by atoms with Gasteiger partial charge in [-0.1, -0.05) is 6.07 Å². The second-order valence-electron chi connectivity index (χ2n) is 9.66. The van der Waals surface area contributed by atoms with Crippen molar-refractivity contribution in [3.8, 4) is 5.69 Å². The molecule has 1 fully saturated rings. The van der Waals surface area contributed by atoms with Gasteiger partial charge in [-0.05, 0) is 76.2 Å². The average Bonchev–Trinajstić information content (AvgIpc) is 3.38. The topological polar surface area (TPSA) is 98.5 Å². The van der Waals surface area contributed by atoms with Gasteiger partial charge in [-0.3, -0.25) is 9.36 Å². The van der Waals surface area contributed by atoms with Crippen molar-refractivity contribution in [3.63, 3.8) is 0 Å². The summed E-state index contributed by atoms with van der Waals surface area (Å²) in [4.78, 5) is 38.8. The van der Waals surface area contributed by atoms with Crippen LogP contribution in [-0.2, 0) is 19.1 Å². The van der Waals surface area contributed by atoms with E-state index in [0.29, 0.717) is 25.3 Å². The highest BCUT2D eigenvalue weighted by Gasteiger charge is 2.24. The van der Waals surface area contributed by atoms with E-state index >= 15 is 0 Å². The number of ether oxygens (including phenoxy) is 2. The summed E-state index contributed by atoms with van der Waals surface area (Å²) < 4.78 is 13.0. The van der Waals surface area contributed by atoms with Crippen molar-refractivity contribution < 1.29 is 23.9 Å². The molecule has 0 radical (unpaired) electrons. The Bertz CT molecular complexity index is 1400. The smallest absolute Gasteiger partial charge is 0.345 e. The number of hydrogen-bond acceptors (Lipinski definition) is 9. The number of imidazole rings is 1. The number of Topliss-reactive ketones (excluding diaryl/α,β-unsaturated/α-hetero) is 1. The van der Waals surface area contributed by atoms with Crippen LogP contribution in [0, 0.1) is 0 Å². The zero-order chi connectivity index (χ0) is 28.6. The molecule has 2 aromatic carbocycles. The molecule has 40 heavy (non-hydrogen) atoms. The first kappa shape index (κ1) is 28.7. The van der Waals surface area contributed by atoms with Gasteiger partial charge in [-0.15, -0.1) is 0 Å². The zero-order valence-electron chi connectivity index (χ0n) is 23.8. The molecular weight excluding hydrogens is 510 g/mol. The van der Waals surface area contributed by atoms with Crippen molar-refractivity contribution in [1.29, 1.82) is 0 Å².